The molecule has 2 rings (SSSR count). The molecule has 10 nitrogen and oxygen atoms in total. The SMILES string of the molecule is C=CCOC(=O)C(C)(C)[C@@H](O)[C@H](CCCN(OCc1ccccc1)C(=O)OCc1ccccc1)NC(=O)OC(C)(C)C. The Balaban J connectivity index is 2.15. The van der Waals surface area contributed by atoms with Gasteiger partial charge in [0.2, 0.25) is 0 Å². The van der Waals surface area contributed by atoms with Gasteiger partial charge in [0.1, 0.15) is 25.4 Å². The molecule has 0 bridgehead atoms. The highest BCUT2D eigenvalue weighted by Gasteiger charge is 2.42. The first kappa shape index (κ1) is 34.3. The minimum absolute atomic E-state index is 0.0159. The summed E-state index contributed by atoms with van der Waals surface area (Å²) in [6.07, 6.45) is -0.884. The summed E-state index contributed by atoms with van der Waals surface area (Å²) in [7, 11) is 0. The fraction of sp³-hybridized carbons (Fsp3) is 0.469. The maximum atomic E-state index is 13.0. The van der Waals surface area contributed by atoms with Crippen LogP contribution in [0.4, 0.5) is 9.59 Å². The van der Waals surface area contributed by atoms with Gasteiger partial charge in [-0.05, 0) is 58.6 Å². The number of nitrogens with one attached hydrogen (secondary N) is 1. The van der Waals surface area contributed by atoms with Crippen LogP contribution in [0.3, 0.4) is 0 Å². The molecular formula is C32H44N2O8. The molecule has 0 radical (unpaired) electrons. The van der Waals surface area contributed by atoms with Gasteiger partial charge < -0.3 is 24.6 Å². The van der Waals surface area contributed by atoms with Crippen LogP contribution in [0, 0.1) is 5.41 Å². The van der Waals surface area contributed by atoms with E-state index in [0.29, 0.717) is 0 Å². The predicted molar refractivity (Wildman–Crippen MR) is 158 cm³/mol. The zero-order chi connectivity index (χ0) is 31.2. The second-order valence-electron chi connectivity index (χ2n) is 11.3. The minimum Gasteiger partial charge on any atom is -0.461 e. The van der Waals surface area contributed by atoms with Gasteiger partial charge >= 0.3 is 18.2 Å². The lowest BCUT2D eigenvalue weighted by Crippen LogP contribution is -2.53. The van der Waals surface area contributed by atoms with E-state index in [0.717, 1.165) is 16.2 Å². The summed E-state index contributed by atoms with van der Waals surface area (Å²) in [5.74, 6) is -0.650. The number of amides is 2. The highest BCUT2D eigenvalue weighted by atomic mass is 16.7. The van der Waals surface area contributed by atoms with Gasteiger partial charge in [-0.2, -0.15) is 5.06 Å². The molecule has 2 atom stereocenters. The van der Waals surface area contributed by atoms with Crippen LogP contribution in [0.5, 0.6) is 0 Å². The molecule has 2 aromatic rings. The lowest BCUT2D eigenvalue weighted by atomic mass is 9.81. The average molecular weight is 585 g/mol. The highest BCUT2D eigenvalue weighted by molar-refractivity contribution is 5.77. The summed E-state index contributed by atoms with van der Waals surface area (Å²) in [5.41, 5.74) is -0.467. The number of aliphatic hydroxyl groups is 1. The van der Waals surface area contributed by atoms with Gasteiger partial charge in [-0.15, -0.1) is 0 Å². The summed E-state index contributed by atoms with van der Waals surface area (Å²) >= 11 is 0. The molecule has 10 heteroatoms. The molecule has 2 amide bonds. The Bertz CT molecular complexity index is 1130. The molecule has 0 saturated carbocycles. The highest BCUT2D eigenvalue weighted by Crippen LogP contribution is 2.27. The number of ether oxygens (including phenoxy) is 3. The van der Waals surface area contributed by atoms with Crippen LogP contribution in [0.1, 0.15) is 58.6 Å². The summed E-state index contributed by atoms with van der Waals surface area (Å²) < 4.78 is 16.0. The number of nitrogens with zero attached hydrogens (tertiary/aromatic N) is 1. The van der Waals surface area contributed by atoms with Crippen LogP contribution in [-0.2, 0) is 37.1 Å². The van der Waals surface area contributed by atoms with Gasteiger partial charge in [0.15, 0.2) is 0 Å². The van der Waals surface area contributed by atoms with E-state index in [-0.39, 0.29) is 39.2 Å². The molecule has 0 aliphatic rings. The molecule has 2 N–H and O–H groups in total. The Morgan fingerprint density at radius 1 is 0.929 bits per heavy atom. The van der Waals surface area contributed by atoms with Crippen molar-refractivity contribution in [3.8, 4) is 0 Å². The zero-order valence-electron chi connectivity index (χ0n) is 25.2. The van der Waals surface area contributed by atoms with Gasteiger partial charge in [0.05, 0.1) is 24.1 Å². The number of esters is 1. The van der Waals surface area contributed by atoms with E-state index < -0.39 is 41.3 Å². The van der Waals surface area contributed by atoms with Crippen LogP contribution < -0.4 is 5.32 Å². The largest absolute Gasteiger partial charge is 0.461 e. The lowest BCUT2D eigenvalue weighted by Gasteiger charge is -2.35. The van der Waals surface area contributed by atoms with Crippen LogP contribution in [-0.4, -0.2) is 59.2 Å². The van der Waals surface area contributed by atoms with Crippen LogP contribution >= 0.6 is 0 Å². The first-order valence-corrected chi connectivity index (χ1v) is 13.9. The standard InChI is InChI=1S/C32H44N2O8/c1-7-21-39-28(36)32(5,6)27(35)26(33-29(37)42-31(2,3)4)19-14-20-34(41-23-25-17-12-9-13-18-25)30(38)40-22-24-15-10-8-11-16-24/h7-13,15-18,26-27,35H,1,14,19-23H2,2-6H3,(H,33,37)/t26-,27-/m0/s1. The molecule has 0 aromatic heterocycles. The number of hydrogen-bond acceptors (Lipinski definition) is 8. The Labute approximate surface area is 248 Å². The first-order valence-electron chi connectivity index (χ1n) is 13.9. The second kappa shape index (κ2) is 16.5. The van der Waals surface area contributed by atoms with Crippen molar-refractivity contribution in [3.05, 3.63) is 84.4 Å². The van der Waals surface area contributed by atoms with Gasteiger partial charge in [-0.3, -0.25) is 9.63 Å². The monoisotopic (exact) mass is 584 g/mol. The maximum absolute atomic E-state index is 13.0. The van der Waals surface area contributed by atoms with Crippen molar-refractivity contribution in [2.24, 2.45) is 5.41 Å². The third kappa shape index (κ3) is 11.9. The first-order chi connectivity index (χ1) is 19.8. The van der Waals surface area contributed by atoms with Gasteiger partial charge in [-0.1, -0.05) is 73.3 Å². The van der Waals surface area contributed by atoms with E-state index in [2.05, 4.69) is 11.9 Å². The summed E-state index contributed by atoms with van der Waals surface area (Å²) in [4.78, 5) is 44.2. The molecule has 230 valence electrons. The quantitative estimate of drug-likeness (QED) is 0.121. The Morgan fingerprint density at radius 2 is 1.50 bits per heavy atom. The van der Waals surface area contributed by atoms with Crippen molar-refractivity contribution in [1.29, 1.82) is 0 Å². The molecule has 42 heavy (non-hydrogen) atoms. The van der Waals surface area contributed by atoms with Crippen molar-refractivity contribution < 1.29 is 38.5 Å². The number of aliphatic hydroxyl groups excluding tert-OH is 1. The molecule has 0 heterocycles. The van der Waals surface area contributed by atoms with Gasteiger partial charge in [-0.25, -0.2) is 9.59 Å². The minimum atomic E-state index is -1.37. The third-order valence-electron chi connectivity index (χ3n) is 6.20. The number of carbonyl (C=O) groups is 3. The Kier molecular flexibility index (Phi) is 13.5. The number of hydroxylamine groups is 2. The number of alkyl carbamates (subject to hydrolysis) is 1. The number of hydrogen-bond donors (Lipinski definition) is 2. The summed E-state index contributed by atoms with van der Waals surface area (Å²) in [5, 5.41) is 15.1. The van der Waals surface area contributed by atoms with Gasteiger partial charge in [0.25, 0.3) is 0 Å². The number of rotatable bonds is 15. The van der Waals surface area contributed by atoms with E-state index in [1.807, 2.05) is 60.7 Å². The van der Waals surface area contributed by atoms with Crippen LogP contribution in [0.2, 0.25) is 0 Å². The molecule has 0 fully saturated rings. The number of benzene rings is 2. The lowest BCUT2D eigenvalue weighted by molar-refractivity contribution is -0.161. The molecule has 0 saturated heterocycles. The number of carbonyl (C=O) groups excluding carboxylic acids is 3. The van der Waals surface area contributed by atoms with Crippen LogP contribution in [0.15, 0.2) is 73.3 Å². The molecule has 0 aliphatic heterocycles. The fourth-order valence-electron chi connectivity index (χ4n) is 3.89. The van der Waals surface area contributed by atoms with Crippen molar-refractivity contribution in [2.75, 3.05) is 13.2 Å². The van der Waals surface area contributed by atoms with E-state index in [4.69, 9.17) is 19.0 Å². The third-order valence-corrected chi connectivity index (χ3v) is 6.20. The van der Waals surface area contributed by atoms with Crippen molar-refractivity contribution in [2.45, 2.75) is 78.4 Å². The van der Waals surface area contributed by atoms with Gasteiger partial charge in [0, 0.05) is 0 Å². The summed E-state index contributed by atoms with van der Waals surface area (Å²) in [6, 6.07) is 17.7. The van der Waals surface area contributed by atoms with E-state index in [1.165, 1.54) is 19.9 Å². The molecule has 0 aliphatic carbocycles. The average Bonchev–Trinajstić information content (AvgIpc) is 2.95. The predicted octanol–water partition coefficient (Wildman–Crippen LogP) is 5.55. The van der Waals surface area contributed by atoms with E-state index in [1.54, 1.807) is 20.8 Å². The van der Waals surface area contributed by atoms with E-state index >= 15 is 0 Å². The molecule has 0 spiro atoms. The Morgan fingerprint density at radius 3 is 2.05 bits per heavy atom. The second-order valence-corrected chi connectivity index (χ2v) is 11.3. The van der Waals surface area contributed by atoms with E-state index in [9.17, 15) is 19.5 Å². The van der Waals surface area contributed by atoms with Crippen molar-refractivity contribution in [1.82, 2.24) is 10.4 Å². The molecule has 2 aromatic carbocycles. The van der Waals surface area contributed by atoms with Crippen molar-refractivity contribution >= 4 is 18.2 Å². The topological polar surface area (TPSA) is 124 Å². The van der Waals surface area contributed by atoms with Crippen LogP contribution in [0.25, 0.3) is 0 Å². The fourth-order valence-corrected chi connectivity index (χ4v) is 3.89. The summed E-state index contributed by atoms with van der Waals surface area (Å²) in [6.45, 7) is 12.0. The zero-order valence-corrected chi connectivity index (χ0v) is 25.2. The molecule has 0 unspecified atom stereocenters. The molecular weight excluding hydrogens is 540 g/mol. The normalized spacial score (nSPS) is 12.9. The van der Waals surface area contributed by atoms with Crippen molar-refractivity contribution in [3.63, 3.8) is 0 Å². The maximum Gasteiger partial charge on any atom is 0.434 e. The Hall–Kier alpha value is -3.89. The smallest absolute Gasteiger partial charge is 0.434 e.